The van der Waals surface area contributed by atoms with Crippen LogP contribution in [0.15, 0.2) is 18.3 Å². The number of hydrogen-bond acceptors (Lipinski definition) is 3. The number of aromatic nitrogens is 3. The molecule has 0 spiro atoms. The summed E-state index contributed by atoms with van der Waals surface area (Å²) in [5.74, 6) is -0.278. The average Bonchev–Trinajstić information content (AvgIpc) is 2.60. The van der Waals surface area contributed by atoms with Crippen LogP contribution in [0.5, 0.6) is 0 Å². The molecular weight excluding hydrogens is 218 g/mol. The fourth-order valence-electron chi connectivity index (χ4n) is 1.63. The van der Waals surface area contributed by atoms with Crippen LogP contribution in [0.25, 0.3) is 5.65 Å². The second kappa shape index (κ2) is 3.84. The maximum atomic E-state index is 11.0. The molecule has 0 aliphatic carbocycles. The SMILES string of the molecule is Cc1cccn2nc(CC(C)(C)C(=O)O)nc12. The number of carboxylic acid groups (broad SMARTS) is 1. The molecule has 0 atom stereocenters. The quantitative estimate of drug-likeness (QED) is 0.876. The first kappa shape index (κ1) is 11.6. The molecule has 5 heteroatoms. The van der Waals surface area contributed by atoms with Crippen molar-refractivity contribution in [1.29, 1.82) is 0 Å². The van der Waals surface area contributed by atoms with Crippen molar-refractivity contribution in [3.8, 4) is 0 Å². The first-order chi connectivity index (χ1) is 7.90. The van der Waals surface area contributed by atoms with Crippen LogP contribution in [-0.4, -0.2) is 25.7 Å². The topological polar surface area (TPSA) is 67.5 Å². The molecule has 0 fully saturated rings. The van der Waals surface area contributed by atoms with Crippen LogP contribution in [0.2, 0.25) is 0 Å². The van der Waals surface area contributed by atoms with E-state index < -0.39 is 11.4 Å². The average molecular weight is 233 g/mol. The summed E-state index contributed by atoms with van der Waals surface area (Å²) in [5.41, 5.74) is 0.960. The van der Waals surface area contributed by atoms with Gasteiger partial charge < -0.3 is 5.11 Å². The Bertz CT molecular complexity index is 572. The van der Waals surface area contributed by atoms with Crippen LogP contribution in [0, 0.1) is 12.3 Å². The third-order valence-corrected chi connectivity index (χ3v) is 2.78. The molecule has 2 aromatic heterocycles. The standard InChI is InChI=1S/C12H15N3O2/c1-8-5-4-6-15-10(8)13-9(14-15)7-12(2,3)11(16)17/h4-6H,7H2,1-3H3,(H,16,17). The molecule has 2 heterocycles. The van der Waals surface area contributed by atoms with Gasteiger partial charge in [-0.05, 0) is 32.4 Å². The van der Waals surface area contributed by atoms with Crippen molar-refractivity contribution < 1.29 is 9.90 Å². The van der Waals surface area contributed by atoms with Gasteiger partial charge in [-0.3, -0.25) is 4.79 Å². The van der Waals surface area contributed by atoms with Gasteiger partial charge in [-0.2, -0.15) is 5.10 Å². The number of fused-ring (bicyclic) bond motifs is 1. The molecular formula is C12H15N3O2. The number of rotatable bonds is 3. The second-order valence-electron chi connectivity index (χ2n) is 4.85. The molecule has 5 nitrogen and oxygen atoms in total. The van der Waals surface area contributed by atoms with Crippen LogP contribution in [0.1, 0.15) is 25.2 Å². The van der Waals surface area contributed by atoms with E-state index in [4.69, 9.17) is 5.11 Å². The Kier molecular flexibility index (Phi) is 2.61. The fourth-order valence-corrected chi connectivity index (χ4v) is 1.63. The maximum Gasteiger partial charge on any atom is 0.309 e. The van der Waals surface area contributed by atoms with Gasteiger partial charge >= 0.3 is 5.97 Å². The minimum absolute atomic E-state index is 0.323. The molecule has 0 amide bonds. The van der Waals surface area contributed by atoms with Gasteiger partial charge in [0.15, 0.2) is 11.5 Å². The highest BCUT2D eigenvalue weighted by molar-refractivity contribution is 5.73. The van der Waals surface area contributed by atoms with Crippen LogP contribution in [-0.2, 0) is 11.2 Å². The molecule has 17 heavy (non-hydrogen) atoms. The summed E-state index contributed by atoms with van der Waals surface area (Å²) < 4.78 is 1.68. The summed E-state index contributed by atoms with van der Waals surface area (Å²) in [7, 11) is 0. The molecule has 0 aliphatic rings. The first-order valence-electron chi connectivity index (χ1n) is 5.44. The van der Waals surface area contributed by atoms with Gasteiger partial charge in [0.2, 0.25) is 0 Å². The van der Waals surface area contributed by atoms with Crippen LogP contribution < -0.4 is 0 Å². The van der Waals surface area contributed by atoms with Gasteiger partial charge in [-0.1, -0.05) is 6.07 Å². The van der Waals surface area contributed by atoms with Gasteiger partial charge in [0.1, 0.15) is 0 Å². The van der Waals surface area contributed by atoms with Crippen molar-refractivity contribution in [2.75, 3.05) is 0 Å². The lowest BCUT2D eigenvalue weighted by Crippen LogP contribution is -2.26. The van der Waals surface area contributed by atoms with Crippen LogP contribution in [0.3, 0.4) is 0 Å². The Morgan fingerprint density at radius 3 is 2.82 bits per heavy atom. The third-order valence-electron chi connectivity index (χ3n) is 2.78. The summed E-state index contributed by atoms with van der Waals surface area (Å²) in [6, 6.07) is 3.85. The molecule has 1 N–H and O–H groups in total. The Balaban J connectivity index is 2.38. The summed E-state index contributed by atoms with van der Waals surface area (Å²) in [6.07, 6.45) is 2.13. The Morgan fingerprint density at radius 1 is 1.53 bits per heavy atom. The van der Waals surface area contributed by atoms with Crippen molar-refractivity contribution in [1.82, 2.24) is 14.6 Å². The molecule has 0 saturated carbocycles. The lowest BCUT2D eigenvalue weighted by molar-refractivity contribution is -0.146. The van der Waals surface area contributed by atoms with Crippen molar-refractivity contribution in [2.24, 2.45) is 5.41 Å². The lowest BCUT2D eigenvalue weighted by atomic mass is 9.89. The van der Waals surface area contributed by atoms with E-state index in [2.05, 4.69) is 10.1 Å². The minimum atomic E-state index is -0.848. The summed E-state index contributed by atoms with van der Waals surface area (Å²) in [5, 5.41) is 13.4. The van der Waals surface area contributed by atoms with Crippen molar-refractivity contribution in [2.45, 2.75) is 27.2 Å². The summed E-state index contributed by atoms with van der Waals surface area (Å²) in [4.78, 5) is 15.4. The van der Waals surface area contributed by atoms with E-state index in [0.29, 0.717) is 12.2 Å². The van der Waals surface area contributed by atoms with Gasteiger partial charge in [-0.15, -0.1) is 0 Å². The first-order valence-corrected chi connectivity index (χ1v) is 5.44. The number of aryl methyl sites for hydroxylation is 1. The van der Waals surface area contributed by atoms with Crippen LogP contribution >= 0.6 is 0 Å². The zero-order valence-electron chi connectivity index (χ0n) is 10.1. The Labute approximate surface area is 99.1 Å². The smallest absolute Gasteiger partial charge is 0.309 e. The number of carbonyl (C=O) groups is 1. The summed E-state index contributed by atoms with van der Waals surface area (Å²) >= 11 is 0. The normalized spacial score (nSPS) is 11.9. The largest absolute Gasteiger partial charge is 0.481 e. The number of aliphatic carboxylic acids is 1. The molecule has 0 unspecified atom stereocenters. The number of carboxylic acids is 1. The van der Waals surface area contributed by atoms with Gasteiger partial charge in [0.05, 0.1) is 5.41 Å². The fraction of sp³-hybridized carbons (Fsp3) is 0.417. The number of hydrogen-bond donors (Lipinski definition) is 1. The van der Waals surface area contributed by atoms with E-state index >= 15 is 0 Å². The van der Waals surface area contributed by atoms with Gasteiger partial charge in [-0.25, -0.2) is 9.50 Å². The molecule has 2 rings (SSSR count). The third kappa shape index (κ3) is 2.13. The molecule has 0 aromatic carbocycles. The lowest BCUT2D eigenvalue weighted by Gasteiger charge is -2.16. The predicted octanol–water partition coefficient (Wildman–Crippen LogP) is 1.69. The molecule has 0 radical (unpaired) electrons. The molecule has 0 bridgehead atoms. The van der Waals surface area contributed by atoms with E-state index in [1.165, 1.54) is 0 Å². The molecule has 2 aromatic rings. The predicted molar refractivity (Wildman–Crippen MR) is 62.8 cm³/mol. The van der Waals surface area contributed by atoms with Crippen LogP contribution in [0.4, 0.5) is 0 Å². The van der Waals surface area contributed by atoms with Crippen molar-refractivity contribution in [3.63, 3.8) is 0 Å². The maximum absolute atomic E-state index is 11.0. The zero-order valence-corrected chi connectivity index (χ0v) is 10.1. The Hall–Kier alpha value is -1.91. The zero-order chi connectivity index (χ0) is 12.6. The van der Waals surface area contributed by atoms with E-state index in [1.807, 2.05) is 25.3 Å². The summed E-state index contributed by atoms with van der Waals surface area (Å²) in [6.45, 7) is 5.30. The van der Waals surface area contributed by atoms with E-state index in [-0.39, 0.29) is 0 Å². The highest BCUT2D eigenvalue weighted by Crippen LogP contribution is 2.21. The van der Waals surface area contributed by atoms with Gasteiger partial charge in [0.25, 0.3) is 0 Å². The monoisotopic (exact) mass is 233 g/mol. The highest BCUT2D eigenvalue weighted by Gasteiger charge is 2.29. The number of nitrogens with zero attached hydrogens (tertiary/aromatic N) is 3. The molecule has 90 valence electrons. The molecule has 0 saturated heterocycles. The van der Waals surface area contributed by atoms with E-state index in [0.717, 1.165) is 11.2 Å². The van der Waals surface area contributed by atoms with E-state index in [9.17, 15) is 4.79 Å². The van der Waals surface area contributed by atoms with E-state index in [1.54, 1.807) is 18.4 Å². The highest BCUT2D eigenvalue weighted by atomic mass is 16.4. The Morgan fingerprint density at radius 2 is 2.24 bits per heavy atom. The molecule has 0 aliphatic heterocycles. The number of pyridine rings is 1. The van der Waals surface area contributed by atoms with Crippen molar-refractivity contribution >= 4 is 11.6 Å². The van der Waals surface area contributed by atoms with Gasteiger partial charge in [0, 0.05) is 12.6 Å². The minimum Gasteiger partial charge on any atom is -0.481 e. The van der Waals surface area contributed by atoms with Crippen molar-refractivity contribution in [3.05, 3.63) is 29.7 Å². The second-order valence-corrected chi connectivity index (χ2v) is 4.85.